The van der Waals surface area contributed by atoms with Gasteiger partial charge in [-0.05, 0) is 80.4 Å². The Hall–Kier alpha value is -3.81. The van der Waals surface area contributed by atoms with Gasteiger partial charge in [0.25, 0.3) is 5.91 Å². The van der Waals surface area contributed by atoms with Gasteiger partial charge in [0.1, 0.15) is 11.5 Å². The van der Waals surface area contributed by atoms with Crippen molar-refractivity contribution in [3.05, 3.63) is 101 Å². The summed E-state index contributed by atoms with van der Waals surface area (Å²) < 4.78 is 19.4. The van der Waals surface area contributed by atoms with Gasteiger partial charge < -0.3 is 19.1 Å². The number of methoxy groups -OCH3 is 1. The molecule has 0 saturated carbocycles. The molecular formula is C30H30ClN3O4. The molecule has 1 fully saturated rings. The molecule has 0 unspecified atom stereocenters. The Kier molecular flexibility index (Phi) is 7.96. The summed E-state index contributed by atoms with van der Waals surface area (Å²) in [5, 5.41) is 5.44. The number of hydrogen-bond donors (Lipinski definition) is 0. The van der Waals surface area contributed by atoms with Crippen molar-refractivity contribution in [3.63, 3.8) is 0 Å². The minimum absolute atomic E-state index is 0.0118. The fourth-order valence-electron chi connectivity index (χ4n) is 4.54. The monoisotopic (exact) mass is 531 g/mol. The van der Waals surface area contributed by atoms with Crippen molar-refractivity contribution in [1.82, 2.24) is 14.7 Å². The largest absolute Gasteiger partial charge is 0.497 e. The lowest BCUT2D eigenvalue weighted by Crippen LogP contribution is -2.37. The molecule has 1 atom stereocenters. The molecule has 5 rings (SSSR count). The van der Waals surface area contributed by atoms with E-state index in [2.05, 4.69) is 0 Å². The minimum atomic E-state index is -0.0903. The number of nitrogens with zero attached hydrogens (tertiary/aromatic N) is 3. The number of halogens is 1. The second-order valence-corrected chi connectivity index (χ2v) is 9.66. The maximum Gasteiger partial charge on any atom is 0.254 e. The topological polar surface area (TPSA) is 65.8 Å². The van der Waals surface area contributed by atoms with Gasteiger partial charge in [0.05, 0.1) is 36.7 Å². The highest BCUT2D eigenvalue weighted by Crippen LogP contribution is 2.33. The van der Waals surface area contributed by atoms with Crippen molar-refractivity contribution in [3.8, 4) is 23.1 Å². The van der Waals surface area contributed by atoms with E-state index in [1.54, 1.807) is 48.2 Å². The Balaban J connectivity index is 1.53. The van der Waals surface area contributed by atoms with E-state index in [-0.39, 0.29) is 12.0 Å². The summed E-state index contributed by atoms with van der Waals surface area (Å²) in [6.45, 7) is 3.43. The number of rotatable bonds is 9. The summed E-state index contributed by atoms with van der Waals surface area (Å²) in [5.41, 5.74) is 3.04. The van der Waals surface area contributed by atoms with E-state index in [0.29, 0.717) is 47.7 Å². The van der Waals surface area contributed by atoms with Crippen LogP contribution >= 0.6 is 11.6 Å². The van der Waals surface area contributed by atoms with Gasteiger partial charge >= 0.3 is 0 Å². The molecule has 7 nitrogen and oxygen atoms in total. The van der Waals surface area contributed by atoms with Crippen LogP contribution in [0.15, 0.2) is 78.9 Å². The number of ether oxygens (including phenoxy) is 3. The molecule has 1 amide bonds. The van der Waals surface area contributed by atoms with Gasteiger partial charge in [-0.2, -0.15) is 5.10 Å². The first-order valence-electron chi connectivity index (χ1n) is 12.6. The first-order chi connectivity index (χ1) is 18.5. The Labute approximate surface area is 227 Å². The summed E-state index contributed by atoms with van der Waals surface area (Å²) >= 11 is 6.10. The number of aryl methyl sites for hydroxylation is 1. The summed E-state index contributed by atoms with van der Waals surface area (Å²) in [5.74, 6) is 1.79. The first-order valence-corrected chi connectivity index (χ1v) is 13.0. The van der Waals surface area contributed by atoms with Gasteiger partial charge in [0.2, 0.25) is 5.88 Å². The zero-order chi connectivity index (χ0) is 26.5. The molecular weight excluding hydrogens is 502 g/mol. The quantitative estimate of drug-likeness (QED) is 0.248. The average molecular weight is 532 g/mol. The molecule has 1 aliphatic rings. The SMILES string of the molecule is COc1ccc(C(=O)N(Cc2c(C)nn(-c3ccccc3)c2Oc2ccc(Cl)cc2)C[C@@H]2CCCO2)cc1. The molecule has 3 aromatic carbocycles. The van der Waals surface area contributed by atoms with E-state index in [0.717, 1.165) is 29.8 Å². The van der Waals surface area contributed by atoms with Crippen molar-refractivity contribution in [2.75, 3.05) is 20.3 Å². The molecule has 0 spiro atoms. The molecule has 1 saturated heterocycles. The Morgan fingerprint density at radius 3 is 2.42 bits per heavy atom. The highest BCUT2D eigenvalue weighted by Gasteiger charge is 2.28. The van der Waals surface area contributed by atoms with Crippen molar-refractivity contribution < 1.29 is 19.0 Å². The third kappa shape index (κ3) is 5.85. The Morgan fingerprint density at radius 2 is 1.76 bits per heavy atom. The molecule has 4 aromatic rings. The van der Waals surface area contributed by atoms with Gasteiger partial charge in [-0.15, -0.1) is 0 Å². The third-order valence-corrected chi connectivity index (χ3v) is 6.84. The summed E-state index contributed by atoms with van der Waals surface area (Å²) in [6, 6.07) is 24.2. The zero-order valence-corrected chi connectivity index (χ0v) is 22.2. The maximum absolute atomic E-state index is 13.8. The molecule has 1 aliphatic heterocycles. The van der Waals surface area contributed by atoms with Crippen molar-refractivity contribution in [2.45, 2.75) is 32.4 Å². The number of aromatic nitrogens is 2. The predicted octanol–water partition coefficient (Wildman–Crippen LogP) is 6.46. The number of carbonyl (C=O) groups excluding carboxylic acids is 1. The first kappa shape index (κ1) is 25.8. The van der Waals surface area contributed by atoms with Gasteiger partial charge in [0, 0.05) is 23.7 Å². The maximum atomic E-state index is 13.8. The fourth-order valence-corrected chi connectivity index (χ4v) is 4.67. The van der Waals surface area contributed by atoms with Crippen LogP contribution in [0.25, 0.3) is 5.69 Å². The van der Waals surface area contributed by atoms with Crippen molar-refractivity contribution in [2.24, 2.45) is 0 Å². The van der Waals surface area contributed by atoms with Gasteiger partial charge in [0.15, 0.2) is 0 Å². The number of carbonyl (C=O) groups is 1. The molecule has 0 radical (unpaired) electrons. The van der Waals surface area contributed by atoms with Crippen LogP contribution in [0.3, 0.4) is 0 Å². The lowest BCUT2D eigenvalue weighted by molar-refractivity contribution is 0.0505. The lowest BCUT2D eigenvalue weighted by Gasteiger charge is -2.26. The van der Waals surface area contributed by atoms with E-state index < -0.39 is 0 Å². The van der Waals surface area contributed by atoms with E-state index in [4.69, 9.17) is 30.9 Å². The standard InChI is InChI=1S/C30H30ClN3O4/c1-21-28(20-33(19-27-9-6-18-37-27)29(35)22-10-14-25(36-2)15-11-22)30(38-26-16-12-23(31)13-17-26)34(32-21)24-7-4-3-5-8-24/h3-5,7-8,10-17,27H,6,9,18-20H2,1-2H3/t27-/m0/s1. The van der Waals surface area contributed by atoms with Crippen LogP contribution in [0.4, 0.5) is 0 Å². The Morgan fingerprint density at radius 1 is 1.05 bits per heavy atom. The highest BCUT2D eigenvalue weighted by molar-refractivity contribution is 6.30. The van der Waals surface area contributed by atoms with Crippen LogP contribution in [0.2, 0.25) is 5.02 Å². The molecule has 196 valence electrons. The molecule has 8 heteroatoms. The molecule has 0 bridgehead atoms. The van der Waals surface area contributed by atoms with Crippen molar-refractivity contribution >= 4 is 17.5 Å². The fraction of sp³-hybridized carbons (Fsp3) is 0.267. The van der Waals surface area contributed by atoms with Crippen LogP contribution in [0.5, 0.6) is 17.4 Å². The lowest BCUT2D eigenvalue weighted by atomic mass is 10.1. The van der Waals surface area contributed by atoms with Gasteiger partial charge in [-0.3, -0.25) is 4.79 Å². The highest BCUT2D eigenvalue weighted by atomic mass is 35.5. The average Bonchev–Trinajstić information content (AvgIpc) is 3.57. The molecule has 38 heavy (non-hydrogen) atoms. The summed E-state index contributed by atoms with van der Waals surface area (Å²) in [6.07, 6.45) is 1.90. The second-order valence-electron chi connectivity index (χ2n) is 9.22. The zero-order valence-electron chi connectivity index (χ0n) is 21.5. The molecule has 0 aliphatic carbocycles. The van der Waals surface area contributed by atoms with E-state index in [1.165, 1.54) is 0 Å². The Bertz CT molecular complexity index is 1370. The van der Waals surface area contributed by atoms with Gasteiger partial charge in [-0.1, -0.05) is 29.8 Å². The van der Waals surface area contributed by atoms with Gasteiger partial charge in [-0.25, -0.2) is 4.68 Å². The minimum Gasteiger partial charge on any atom is -0.497 e. The third-order valence-electron chi connectivity index (χ3n) is 6.59. The molecule has 2 heterocycles. The number of benzene rings is 3. The summed E-state index contributed by atoms with van der Waals surface area (Å²) in [4.78, 5) is 15.6. The molecule has 1 aromatic heterocycles. The number of hydrogen-bond acceptors (Lipinski definition) is 5. The van der Waals surface area contributed by atoms with Crippen LogP contribution < -0.4 is 9.47 Å². The second kappa shape index (κ2) is 11.7. The number of amides is 1. The number of para-hydroxylation sites is 1. The van der Waals surface area contributed by atoms with Crippen LogP contribution in [0, 0.1) is 6.92 Å². The van der Waals surface area contributed by atoms with Crippen LogP contribution in [0.1, 0.15) is 34.5 Å². The van der Waals surface area contributed by atoms with E-state index in [1.807, 2.05) is 54.3 Å². The van der Waals surface area contributed by atoms with E-state index >= 15 is 0 Å². The van der Waals surface area contributed by atoms with E-state index in [9.17, 15) is 4.79 Å². The smallest absolute Gasteiger partial charge is 0.254 e. The molecule has 0 N–H and O–H groups in total. The van der Waals surface area contributed by atoms with Crippen LogP contribution in [-0.2, 0) is 11.3 Å². The van der Waals surface area contributed by atoms with Crippen molar-refractivity contribution in [1.29, 1.82) is 0 Å². The predicted molar refractivity (Wildman–Crippen MR) is 147 cm³/mol. The normalized spacial score (nSPS) is 14.9. The van der Waals surface area contributed by atoms with Crippen LogP contribution in [-0.4, -0.2) is 47.0 Å². The summed E-state index contributed by atoms with van der Waals surface area (Å²) in [7, 11) is 1.61.